The Morgan fingerprint density at radius 3 is 2.70 bits per heavy atom. The minimum atomic E-state index is -0.596. The lowest BCUT2D eigenvalue weighted by atomic mass is 10.2. The van der Waals surface area contributed by atoms with Crippen LogP contribution in [0.15, 0.2) is 42.5 Å². The first-order chi connectivity index (χ1) is 11.2. The zero-order valence-electron chi connectivity index (χ0n) is 12.5. The van der Waals surface area contributed by atoms with E-state index in [0.717, 1.165) is 0 Å². The van der Waals surface area contributed by atoms with Crippen molar-refractivity contribution in [2.75, 3.05) is 12.1 Å². The smallest absolute Gasteiger partial charge is 0.265 e. The molecule has 0 saturated heterocycles. The van der Waals surface area contributed by atoms with Gasteiger partial charge in [0.25, 0.3) is 5.91 Å². The van der Waals surface area contributed by atoms with Gasteiger partial charge in [-0.3, -0.25) is 4.79 Å². The first-order valence-electron chi connectivity index (χ1n) is 7.28. The molecule has 0 radical (unpaired) electrons. The van der Waals surface area contributed by atoms with Crippen molar-refractivity contribution in [3.8, 4) is 17.2 Å². The third-order valence-electron chi connectivity index (χ3n) is 3.40. The van der Waals surface area contributed by atoms with Crippen LogP contribution in [-0.2, 0) is 4.79 Å². The van der Waals surface area contributed by atoms with Crippen LogP contribution in [0, 0.1) is 0 Å². The van der Waals surface area contributed by atoms with Crippen LogP contribution in [0.2, 0.25) is 5.02 Å². The summed E-state index contributed by atoms with van der Waals surface area (Å²) < 4.78 is 16.3. The molecule has 5 nitrogen and oxygen atoms in total. The average Bonchev–Trinajstić information content (AvgIpc) is 3.02. The fourth-order valence-corrected chi connectivity index (χ4v) is 2.32. The summed E-state index contributed by atoms with van der Waals surface area (Å²) in [6, 6.07) is 12.2. The van der Waals surface area contributed by atoms with Crippen LogP contribution >= 0.6 is 11.6 Å². The van der Waals surface area contributed by atoms with Crippen LogP contribution < -0.4 is 19.5 Å². The van der Waals surface area contributed by atoms with Crippen LogP contribution in [0.4, 0.5) is 5.69 Å². The molecule has 2 aromatic carbocycles. The van der Waals surface area contributed by atoms with Crippen LogP contribution in [-0.4, -0.2) is 18.8 Å². The SMILES string of the molecule is CC[C@@H](Oc1ccc(Cl)cc1)C(=O)Nc1ccc2c(c1)OCO2. The van der Waals surface area contributed by atoms with E-state index < -0.39 is 6.10 Å². The largest absolute Gasteiger partial charge is 0.481 e. The minimum absolute atomic E-state index is 0.198. The molecule has 1 amide bonds. The van der Waals surface area contributed by atoms with Gasteiger partial charge in [-0.15, -0.1) is 0 Å². The van der Waals surface area contributed by atoms with Gasteiger partial charge in [0, 0.05) is 16.8 Å². The Balaban J connectivity index is 1.66. The predicted molar refractivity (Wildman–Crippen MR) is 87.4 cm³/mol. The molecule has 0 spiro atoms. The van der Waals surface area contributed by atoms with Crippen molar-refractivity contribution < 1.29 is 19.0 Å². The number of amides is 1. The van der Waals surface area contributed by atoms with E-state index in [1.165, 1.54) is 0 Å². The molecular weight excluding hydrogens is 318 g/mol. The lowest BCUT2D eigenvalue weighted by molar-refractivity contribution is -0.122. The molecule has 1 aliphatic heterocycles. The second kappa shape index (κ2) is 6.79. The lowest BCUT2D eigenvalue weighted by Crippen LogP contribution is -2.32. The van der Waals surface area contributed by atoms with Crippen molar-refractivity contribution in [2.24, 2.45) is 0 Å². The Hall–Kier alpha value is -2.40. The van der Waals surface area contributed by atoms with E-state index in [-0.39, 0.29) is 12.7 Å². The van der Waals surface area contributed by atoms with Crippen LogP contribution in [0.25, 0.3) is 0 Å². The summed E-state index contributed by atoms with van der Waals surface area (Å²) in [6.45, 7) is 2.09. The Morgan fingerprint density at radius 1 is 1.22 bits per heavy atom. The number of nitrogens with one attached hydrogen (secondary N) is 1. The van der Waals surface area contributed by atoms with Crippen LogP contribution in [0.5, 0.6) is 17.2 Å². The van der Waals surface area contributed by atoms with Crippen LogP contribution in [0.3, 0.4) is 0 Å². The number of fused-ring (bicyclic) bond motifs is 1. The standard InChI is InChI=1S/C17H16ClNO4/c1-2-14(23-13-6-3-11(18)4-7-13)17(20)19-12-5-8-15-16(9-12)22-10-21-15/h3-9,14H,2,10H2,1H3,(H,19,20)/t14-/m1/s1. The maximum absolute atomic E-state index is 12.4. The van der Waals surface area contributed by atoms with E-state index in [1.807, 2.05) is 6.92 Å². The van der Waals surface area contributed by atoms with Gasteiger partial charge in [0.15, 0.2) is 17.6 Å². The highest BCUT2D eigenvalue weighted by Gasteiger charge is 2.20. The third-order valence-corrected chi connectivity index (χ3v) is 3.65. The summed E-state index contributed by atoms with van der Waals surface area (Å²) in [5.41, 5.74) is 0.636. The van der Waals surface area contributed by atoms with Gasteiger partial charge >= 0.3 is 0 Å². The summed E-state index contributed by atoms with van der Waals surface area (Å²) in [7, 11) is 0. The first-order valence-corrected chi connectivity index (χ1v) is 7.66. The van der Waals surface area contributed by atoms with E-state index in [4.69, 9.17) is 25.8 Å². The fourth-order valence-electron chi connectivity index (χ4n) is 2.20. The van der Waals surface area contributed by atoms with Gasteiger partial charge in [0.2, 0.25) is 6.79 Å². The fraction of sp³-hybridized carbons (Fsp3) is 0.235. The molecule has 0 aliphatic carbocycles. The molecule has 1 heterocycles. The summed E-state index contributed by atoms with van der Waals surface area (Å²) in [5, 5.41) is 3.45. The Labute approximate surface area is 139 Å². The van der Waals surface area contributed by atoms with Gasteiger partial charge in [-0.05, 0) is 42.8 Å². The average molecular weight is 334 g/mol. The first kappa shape index (κ1) is 15.5. The molecule has 23 heavy (non-hydrogen) atoms. The quantitative estimate of drug-likeness (QED) is 0.902. The second-order valence-electron chi connectivity index (χ2n) is 5.03. The summed E-state index contributed by atoms with van der Waals surface area (Å²) in [5.74, 6) is 1.67. The number of carbonyl (C=O) groups is 1. The summed E-state index contributed by atoms with van der Waals surface area (Å²) >= 11 is 5.84. The van der Waals surface area contributed by atoms with Crippen molar-refractivity contribution in [3.63, 3.8) is 0 Å². The molecular formula is C17H16ClNO4. The zero-order valence-corrected chi connectivity index (χ0v) is 13.3. The van der Waals surface area contributed by atoms with E-state index in [0.29, 0.717) is 34.4 Å². The van der Waals surface area contributed by atoms with Crippen molar-refractivity contribution >= 4 is 23.2 Å². The zero-order chi connectivity index (χ0) is 16.2. The predicted octanol–water partition coefficient (Wildman–Crippen LogP) is 3.86. The molecule has 6 heteroatoms. The Kier molecular flexibility index (Phi) is 4.57. The Bertz CT molecular complexity index is 702. The van der Waals surface area contributed by atoms with Crippen molar-refractivity contribution in [1.29, 1.82) is 0 Å². The van der Waals surface area contributed by atoms with E-state index >= 15 is 0 Å². The molecule has 0 saturated carbocycles. The monoisotopic (exact) mass is 333 g/mol. The molecule has 0 bridgehead atoms. The highest BCUT2D eigenvalue weighted by Crippen LogP contribution is 2.34. The molecule has 1 atom stereocenters. The topological polar surface area (TPSA) is 56.8 Å². The number of ether oxygens (including phenoxy) is 3. The maximum atomic E-state index is 12.4. The third kappa shape index (κ3) is 3.68. The van der Waals surface area contributed by atoms with Gasteiger partial charge in [-0.25, -0.2) is 0 Å². The number of halogens is 1. The molecule has 1 aliphatic rings. The number of hydrogen-bond donors (Lipinski definition) is 1. The number of hydrogen-bond acceptors (Lipinski definition) is 4. The number of benzene rings is 2. The molecule has 120 valence electrons. The van der Waals surface area contributed by atoms with Gasteiger partial charge in [0.05, 0.1) is 0 Å². The van der Waals surface area contributed by atoms with Gasteiger partial charge in [-0.1, -0.05) is 18.5 Å². The van der Waals surface area contributed by atoms with Gasteiger partial charge < -0.3 is 19.5 Å². The van der Waals surface area contributed by atoms with Gasteiger partial charge in [-0.2, -0.15) is 0 Å². The number of anilines is 1. The number of carbonyl (C=O) groups excluding carboxylic acids is 1. The molecule has 0 aromatic heterocycles. The highest BCUT2D eigenvalue weighted by molar-refractivity contribution is 6.30. The van der Waals surface area contributed by atoms with Crippen LogP contribution in [0.1, 0.15) is 13.3 Å². The van der Waals surface area contributed by atoms with Crippen molar-refractivity contribution in [3.05, 3.63) is 47.5 Å². The van der Waals surface area contributed by atoms with E-state index in [9.17, 15) is 4.79 Å². The highest BCUT2D eigenvalue weighted by atomic mass is 35.5. The maximum Gasteiger partial charge on any atom is 0.265 e. The van der Waals surface area contributed by atoms with Crippen molar-refractivity contribution in [2.45, 2.75) is 19.4 Å². The van der Waals surface area contributed by atoms with Gasteiger partial charge in [0.1, 0.15) is 5.75 Å². The molecule has 3 rings (SSSR count). The number of rotatable bonds is 5. The summed E-state index contributed by atoms with van der Waals surface area (Å²) in [6.07, 6.45) is -0.0551. The molecule has 2 aromatic rings. The molecule has 0 fully saturated rings. The minimum Gasteiger partial charge on any atom is -0.481 e. The normalized spacial score (nSPS) is 13.5. The van der Waals surface area contributed by atoms with Crippen molar-refractivity contribution in [1.82, 2.24) is 0 Å². The molecule has 1 N–H and O–H groups in total. The van der Waals surface area contributed by atoms with E-state index in [2.05, 4.69) is 5.32 Å². The molecule has 0 unspecified atom stereocenters. The van der Waals surface area contributed by atoms with E-state index in [1.54, 1.807) is 42.5 Å². The lowest BCUT2D eigenvalue weighted by Gasteiger charge is -2.17. The second-order valence-corrected chi connectivity index (χ2v) is 5.46. The summed E-state index contributed by atoms with van der Waals surface area (Å²) in [4.78, 5) is 12.4. The Morgan fingerprint density at radius 2 is 1.96 bits per heavy atom.